The number of fused-ring (bicyclic) bond motifs is 1. The first kappa shape index (κ1) is 17.0. The van der Waals surface area contributed by atoms with Gasteiger partial charge in [0.2, 0.25) is 0 Å². The van der Waals surface area contributed by atoms with E-state index in [0.29, 0.717) is 39.3 Å². The second-order valence-electron chi connectivity index (χ2n) is 5.19. The molecule has 0 atom stereocenters. The summed E-state index contributed by atoms with van der Waals surface area (Å²) in [6.07, 6.45) is 1.61. The van der Waals surface area contributed by atoms with E-state index in [0.717, 1.165) is 0 Å². The monoisotopic (exact) mass is 401 g/mol. The third-order valence-corrected chi connectivity index (χ3v) is 4.18. The van der Waals surface area contributed by atoms with Crippen molar-refractivity contribution in [2.45, 2.75) is 6.92 Å². The Bertz CT molecular complexity index is 1020. The van der Waals surface area contributed by atoms with E-state index >= 15 is 0 Å². The molecule has 0 aliphatic rings. The number of phenols is 1. The molecular weight excluding hydrogens is 389 g/mol. The van der Waals surface area contributed by atoms with Crippen LogP contribution >= 0.6 is 15.9 Å². The molecule has 0 fully saturated rings. The lowest BCUT2D eigenvalue weighted by molar-refractivity contribution is 0.318. The molecule has 0 spiro atoms. The van der Waals surface area contributed by atoms with Crippen molar-refractivity contribution in [3.05, 3.63) is 52.0 Å². The smallest absolute Gasteiger partial charge is 0.161 e. The highest BCUT2D eigenvalue weighted by Gasteiger charge is 2.12. The lowest BCUT2D eigenvalue weighted by Gasteiger charge is -2.08. The number of halogens is 2. The van der Waals surface area contributed by atoms with E-state index in [2.05, 4.69) is 32.0 Å². The highest BCUT2D eigenvalue weighted by atomic mass is 79.9. The van der Waals surface area contributed by atoms with Crippen LogP contribution in [0.3, 0.4) is 0 Å². The number of hydrogen-bond acceptors (Lipinski definition) is 4. The second-order valence-corrected chi connectivity index (χ2v) is 6.05. The van der Waals surface area contributed by atoms with Gasteiger partial charge in [-0.1, -0.05) is 15.9 Å². The Balaban J connectivity index is 2.08. The van der Waals surface area contributed by atoms with Gasteiger partial charge in [0.05, 0.1) is 23.2 Å². The Labute approximate surface area is 151 Å². The summed E-state index contributed by atoms with van der Waals surface area (Å²) in [5, 5.41) is 19.4. The first-order chi connectivity index (χ1) is 12.0. The molecule has 3 rings (SSSR count). The molecule has 126 valence electrons. The van der Waals surface area contributed by atoms with Gasteiger partial charge in [0.1, 0.15) is 17.7 Å². The predicted molar refractivity (Wildman–Crippen MR) is 96.5 cm³/mol. The summed E-state index contributed by atoms with van der Waals surface area (Å²) in [5.41, 5.74) is 1.99. The topological polar surface area (TPSA) is 81.9 Å². The van der Waals surface area contributed by atoms with Crippen molar-refractivity contribution in [2.24, 2.45) is 0 Å². The van der Waals surface area contributed by atoms with Gasteiger partial charge in [-0.15, -0.1) is 0 Å². The van der Waals surface area contributed by atoms with Crippen LogP contribution in [0.4, 0.5) is 4.39 Å². The number of allylic oxidation sites excluding steroid dienone is 1. The Morgan fingerprint density at radius 1 is 1.44 bits per heavy atom. The molecule has 0 unspecified atom stereocenters. The first-order valence-corrected chi connectivity index (χ1v) is 8.24. The van der Waals surface area contributed by atoms with Crippen LogP contribution in [0.25, 0.3) is 22.7 Å². The first-order valence-electron chi connectivity index (χ1n) is 7.44. The van der Waals surface area contributed by atoms with Crippen molar-refractivity contribution in [2.75, 3.05) is 6.61 Å². The van der Waals surface area contributed by atoms with Crippen molar-refractivity contribution in [1.82, 2.24) is 9.97 Å². The van der Waals surface area contributed by atoms with Crippen molar-refractivity contribution in [3.63, 3.8) is 0 Å². The number of nitrogens with one attached hydrogen (secondary N) is 1. The average Bonchev–Trinajstić information content (AvgIpc) is 2.99. The Morgan fingerprint density at radius 3 is 2.96 bits per heavy atom. The maximum atomic E-state index is 13.3. The summed E-state index contributed by atoms with van der Waals surface area (Å²) in [4.78, 5) is 7.26. The van der Waals surface area contributed by atoms with Crippen LogP contribution in [0.2, 0.25) is 0 Å². The number of imidazole rings is 1. The van der Waals surface area contributed by atoms with E-state index in [1.807, 2.05) is 6.92 Å². The number of hydrogen-bond donors (Lipinski definition) is 2. The fraction of sp³-hybridized carbons (Fsp3) is 0.111. The minimum atomic E-state index is -0.382. The summed E-state index contributed by atoms with van der Waals surface area (Å²) in [6.45, 7) is 2.21. The third-order valence-electron chi connectivity index (χ3n) is 3.50. The maximum Gasteiger partial charge on any atom is 0.161 e. The summed E-state index contributed by atoms with van der Waals surface area (Å²) in [6, 6.07) is 9.39. The molecule has 1 heterocycles. The number of nitrogens with zero attached hydrogens (tertiary/aromatic N) is 2. The average molecular weight is 402 g/mol. The summed E-state index contributed by atoms with van der Waals surface area (Å²) >= 11 is 3.36. The molecule has 25 heavy (non-hydrogen) atoms. The van der Waals surface area contributed by atoms with Crippen LogP contribution in [0.5, 0.6) is 11.5 Å². The van der Waals surface area contributed by atoms with Crippen molar-refractivity contribution >= 4 is 38.6 Å². The number of H-pyrrole nitrogens is 1. The molecule has 2 aromatic carbocycles. The molecule has 0 amide bonds. The van der Waals surface area contributed by atoms with Crippen LogP contribution in [0, 0.1) is 17.1 Å². The van der Waals surface area contributed by atoms with E-state index in [9.17, 15) is 14.8 Å². The maximum absolute atomic E-state index is 13.3. The molecule has 0 saturated heterocycles. The fourth-order valence-electron chi connectivity index (χ4n) is 2.36. The molecule has 2 N–H and O–H groups in total. The number of aromatic nitrogens is 2. The molecule has 1 aromatic heterocycles. The van der Waals surface area contributed by atoms with E-state index in [1.165, 1.54) is 18.2 Å². The van der Waals surface area contributed by atoms with E-state index in [-0.39, 0.29) is 17.1 Å². The number of nitriles is 1. The Kier molecular flexibility index (Phi) is 4.72. The number of aromatic amines is 1. The molecule has 0 saturated carbocycles. The van der Waals surface area contributed by atoms with E-state index in [1.54, 1.807) is 18.2 Å². The zero-order valence-corrected chi connectivity index (χ0v) is 14.8. The predicted octanol–water partition coefficient (Wildman–Crippen LogP) is 4.63. The van der Waals surface area contributed by atoms with Crippen LogP contribution in [-0.2, 0) is 0 Å². The van der Waals surface area contributed by atoms with Crippen LogP contribution in [0.1, 0.15) is 18.3 Å². The number of aromatic hydroxyl groups is 1. The number of benzene rings is 2. The largest absolute Gasteiger partial charge is 0.504 e. The minimum Gasteiger partial charge on any atom is -0.504 e. The Morgan fingerprint density at radius 2 is 2.24 bits per heavy atom. The van der Waals surface area contributed by atoms with Gasteiger partial charge < -0.3 is 14.8 Å². The third kappa shape index (κ3) is 3.49. The van der Waals surface area contributed by atoms with Crippen molar-refractivity contribution < 1.29 is 14.2 Å². The van der Waals surface area contributed by atoms with Gasteiger partial charge in [-0.05, 0) is 48.9 Å². The quantitative estimate of drug-likeness (QED) is 0.624. The van der Waals surface area contributed by atoms with E-state index < -0.39 is 0 Å². The molecule has 0 bridgehead atoms. The van der Waals surface area contributed by atoms with Crippen molar-refractivity contribution in [3.8, 4) is 17.6 Å². The lowest BCUT2D eigenvalue weighted by Crippen LogP contribution is -1.93. The number of ether oxygens (including phenoxy) is 1. The lowest BCUT2D eigenvalue weighted by atomic mass is 10.1. The highest BCUT2D eigenvalue weighted by molar-refractivity contribution is 9.10. The molecule has 5 nitrogen and oxygen atoms in total. The van der Waals surface area contributed by atoms with Gasteiger partial charge in [0.15, 0.2) is 11.5 Å². The van der Waals surface area contributed by atoms with Gasteiger partial charge in [0, 0.05) is 4.47 Å². The highest BCUT2D eigenvalue weighted by Crippen LogP contribution is 2.34. The second kappa shape index (κ2) is 6.95. The van der Waals surface area contributed by atoms with Gasteiger partial charge in [-0.2, -0.15) is 5.26 Å². The van der Waals surface area contributed by atoms with Crippen LogP contribution in [-0.4, -0.2) is 21.7 Å². The summed E-state index contributed by atoms with van der Waals surface area (Å²) in [5.74, 6) is 0.276. The number of phenolic OH excluding ortho intramolecular Hbond substituents is 1. The van der Waals surface area contributed by atoms with Gasteiger partial charge in [-0.3, -0.25) is 0 Å². The molecule has 0 aliphatic heterocycles. The van der Waals surface area contributed by atoms with E-state index in [4.69, 9.17) is 4.74 Å². The SMILES string of the molecule is CCOc1cc(/C=C(/C#N)c2nc3ccc(F)cc3[nH]2)c(Br)cc1O. The normalized spacial score (nSPS) is 11.5. The summed E-state index contributed by atoms with van der Waals surface area (Å²) < 4.78 is 19.3. The molecule has 0 aliphatic carbocycles. The van der Waals surface area contributed by atoms with Crippen LogP contribution in [0.15, 0.2) is 34.8 Å². The standard InChI is InChI=1S/C18H13BrFN3O2/c1-2-25-17-6-10(13(19)8-16(17)24)5-11(9-21)18-22-14-4-3-12(20)7-15(14)23-18/h3-8,24H,2H2,1H3,(H,22,23)/b11-5-. The number of rotatable bonds is 4. The minimum absolute atomic E-state index is 0.00333. The van der Waals surface area contributed by atoms with Gasteiger partial charge in [-0.25, -0.2) is 9.37 Å². The summed E-state index contributed by atoms with van der Waals surface area (Å²) in [7, 11) is 0. The zero-order valence-electron chi connectivity index (χ0n) is 13.2. The van der Waals surface area contributed by atoms with Gasteiger partial charge in [0.25, 0.3) is 0 Å². The van der Waals surface area contributed by atoms with Gasteiger partial charge >= 0.3 is 0 Å². The van der Waals surface area contributed by atoms with Crippen LogP contribution < -0.4 is 4.74 Å². The molecule has 7 heteroatoms. The zero-order chi connectivity index (χ0) is 18.0. The molecular formula is C18H13BrFN3O2. The molecule has 0 radical (unpaired) electrons. The van der Waals surface area contributed by atoms with Crippen molar-refractivity contribution in [1.29, 1.82) is 5.26 Å². The fourth-order valence-corrected chi connectivity index (χ4v) is 2.80. The Hall–Kier alpha value is -2.85. The molecule has 3 aromatic rings.